The van der Waals surface area contributed by atoms with E-state index < -0.39 is 0 Å². The lowest BCUT2D eigenvalue weighted by Gasteiger charge is -1.88. The third-order valence-corrected chi connectivity index (χ3v) is 3.42. The second-order valence-corrected chi connectivity index (χ2v) is 4.30. The van der Waals surface area contributed by atoms with Gasteiger partial charge in [-0.2, -0.15) is 0 Å². The van der Waals surface area contributed by atoms with Crippen LogP contribution in [0.15, 0.2) is 11.4 Å². The van der Waals surface area contributed by atoms with Crippen molar-refractivity contribution in [2.24, 2.45) is 0 Å². The molecule has 2 aromatic heterocycles. The summed E-state index contributed by atoms with van der Waals surface area (Å²) < 4.78 is 0. The van der Waals surface area contributed by atoms with Gasteiger partial charge in [0, 0.05) is 0 Å². The van der Waals surface area contributed by atoms with Crippen molar-refractivity contribution in [3.8, 4) is 9.88 Å². The zero-order valence-electron chi connectivity index (χ0n) is 6.44. The number of hydrogen-bond donors (Lipinski definition) is 1. The van der Waals surface area contributed by atoms with Gasteiger partial charge in [-0.3, -0.25) is 0 Å². The highest BCUT2D eigenvalue weighted by molar-refractivity contribution is 7.22. The molecule has 0 aromatic carbocycles. The van der Waals surface area contributed by atoms with E-state index >= 15 is 0 Å². The summed E-state index contributed by atoms with van der Waals surface area (Å²) in [6, 6.07) is 2.07. The molecule has 0 fully saturated rings. The topological polar surface area (TPSA) is 51.8 Å². The maximum atomic E-state index is 5.48. The minimum Gasteiger partial charge on any atom is -0.374 e. The lowest BCUT2D eigenvalue weighted by Crippen LogP contribution is -1.80. The molecule has 0 amide bonds. The molecule has 0 aliphatic carbocycles. The van der Waals surface area contributed by atoms with Crippen LogP contribution in [0.1, 0.15) is 5.56 Å². The largest absolute Gasteiger partial charge is 0.374 e. The van der Waals surface area contributed by atoms with Gasteiger partial charge in [0.1, 0.15) is 0 Å². The van der Waals surface area contributed by atoms with E-state index in [1.165, 1.54) is 21.8 Å². The minimum absolute atomic E-state index is 0.526. The van der Waals surface area contributed by atoms with Crippen LogP contribution in [0, 0.1) is 6.92 Å². The standard InChI is InChI=1S/C7H7N3S2/c1-4-2-3-11-5(4)6-9-10-7(8)12-6/h2-3H,1H3,(H2,8,10). The molecular weight excluding hydrogens is 190 g/mol. The second kappa shape index (κ2) is 2.84. The Labute approximate surface area is 77.9 Å². The Balaban J connectivity index is 2.50. The summed E-state index contributed by atoms with van der Waals surface area (Å²) in [6.45, 7) is 2.06. The van der Waals surface area contributed by atoms with Crippen LogP contribution in [0.4, 0.5) is 5.13 Å². The maximum absolute atomic E-state index is 5.48. The number of aryl methyl sites for hydroxylation is 1. The maximum Gasteiger partial charge on any atom is 0.203 e. The number of aromatic nitrogens is 2. The first-order valence-electron chi connectivity index (χ1n) is 3.41. The molecule has 0 saturated heterocycles. The zero-order chi connectivity index (χ0) is 8.55. The Morgan fingerprint density at radius 1 is 1.42 bits per heavy atom. The van der Waals surface area contributed by atoms with E-state index in [1.807, 2.05) is 5.38 Å². The molecular formula is C7H7N3S2. The third-order valence-electron chi connectivity index (χ3n) is 1.50. The van der Waals surface area contributed by atoms with Crippen LogP contribution in [0.2, 0.25) is 0 Å². The van der Waals surface area contributed by atoms with Crippen LogP contribution in [0.25, 0.3) is 9.88 Å². The average Bonchev–Trinajstić information content (AvgIpc) is 2.58. The number of hydrogen-bond acceptors (Lipinski definition) is 5. The summed E-state index contributed by atoms with van der Waals surface area (Å²) in [6.07, 6.45) is 0. The molecule has 0 atom stereocenters. The van der Waals surface area contributed by atoms with Crippen molar-refractivity contribution in [1.29, 1.82) is 0 Å². The summed E-state index contributed by atoms with van der Waals surface area (Å²) in [4.78, 5) is 1.17. The fourth-order valence-electron chi connectivity index (χ4n) is 0.918. The fourth-order valence-corrected chi connectivity index (χ4v) is 2.61. The fraction of sp³-hybridized carbons (Fsp3) is 0.143. The van der Waals surface area contributed by atoms with Crippen LogP contribution in [0.3, 0.4) is 0 Å². The van der Waals surface area contributed by atoms with Gasteiger partial charge in [0.2, 0.25) is 5.13 Å². The van der Waals surface area contributed by atoms with E-state index in [4.69, 9.17) is 5.73 Å². The number of nitrogens with zero attached hydrogens (tertiary/aromatic N) is 2. The van der Waals surface area contributed by atoms with Crippen LogP contribution >= 0.6 is 22.7 Å². The first-order valence-corrected chi connectivity index (χ1v) is 5.10. The highest BCUT2D eigenvalue weighted by atomic mass is 32.1. The van der Waals surface area contributed by atoms with E-state index in [2.05, 4.69) is 23.2 Å². The molecule has 0 spiro atoms. The highest BCUT2D eigenvalue weighted by Gasteiger charge is 2.07. The molecule has 5 heteroatoms. The van der Waals surface area contributed by atoms with Crippen molar-refractivity contribution >= 4 is 27.8 Å². The van der Waals surface area contributed by atoms with Crippen LogP contribution in [-0.4, -0.2) is 10.2 Å². The molecule has 0 aliphatic heterocycles. The van der Waals surface area contributed by atoms with E-state index in [9.17, 15) is 0 Å². The number of nitrogen functional groups attached to an aromatic ring is 1. The Morgan fingerprint density at radius 2 is 2.25 bits per heavy atom. The van der Waals surface area contributed by atoms with Gasteiger partial charge in [0.25, 0.3) is 0 Å². The smallest absolute Gasteiger partial charge is 0.203 e. The van der Waals surface area contributed by atoms with Gasteiger partial charge in [-0.05, 0) is 23.9 Å². The molecule has 0 radical (unpaired) electrons. The molecule has 2 N–H and O–H groups in total. The highest BCUT2D eigenvalue weighted by Crippen LogP contribution is 2.31. The van der Waals surface area contributed by atoms with Gasteiger partial charge >= 0.3 is 0 Å². The normalized spacial score (nSPS) is 10.4. The Morgan fingerprint density at radius 3 is 2.75 bits per heavy atom. The predicted octanol–water partition coefficient (Wildman–Crippen LogP) is 2.16. The van der Waals surface area contributed by atoms with E-state index in [1.54, 1.807) is 11.3 Å². The van der Waals surface area contributed by atoms with Crippen LogP contribution < -0.4 is 5.73 Å². The zero-order valence-corrected chi connectivity index (χ0v) is 8.08. The molecule has 3 nitrogen and oxygen atoms in total. The molecule has 0 saturated carbocycles. The summed E-state index contributed by atoms with van der Waals surface area (Å²) in [5.74, 6) is 0. The average molecular weight is 197 g/mol. The first kappa shape index (κ1) is 7.70. The molecule has 0 bridgehead atoms. The Hall–Kier alpha value is -0.940. The van der Waals surface area contributed by atoms with Crippen molar-refractivity contribution in [3.05, 3.63) is 17.0 Å². The van der Waals surface area contributed by atoms with Gasteiger partial charge in [0.15, 0.2) is 5.01 Å². The molecule has 62 valence electrons. The molecule has 2 heterocycles. The van der Waals surface area contributed by atoms with E-state index in [0.717, 1.165) is 5.01 Å². The molecule has 2 rings (SSSR count). The number of rotatable bonds is 1. The third kappa shape index (κ3) is 1.21. The van der Waals surface area contributed by atoms with Crippen molar-refractivity contribution in [3.63, 3.8) is 0 Å². The van der Waals surface area contributed by atoms with E-state index in [0.29, 0.717) is 5.13 Å². The number of thiophene rings is 1. The van der Waals surface area contributed by atoms with Gasteiger partial charge < -0.3 is 5.73 Å². The van der Waals surface area contributed by atoms with Crippen molar-refractivity contribution in [2.45, 2.75) is 6.92 Å². The minimum atomic E-state index is 0.526. The van der Waals surface area contributed by atoms with Crippen molar-refractivity contribution in [2.75, 3.05) is 5.73 Å². The number of nitrogens with two attached hydrogens (primary N) is 1. The summed E-state index contributed by atoms with van der Waals surface area (Å²) in [5.41, 5.74) is 6.72. The summed E-state index contributed by atoms with van der Waals surface area (Å²) in [5, 5.41) is 11.2. The van der Waals surface area contributed by atoms with Gasteiger partial charge in [-0.15, -0.1) is 21.5 Å². The molecule has 0 unspecified atom stereocenters. The quantitative estimate of drug-likeness (QED) is 0.762. The molecule has 2 aromatic rings. The van der Waals surface area contributed by atoms with Gasteiger partial charge in [-0.1, -0.05) is 11.3 Å². The molecule has 0 aliphatic rings. The SMILES string of the molecule is Cc1ccsc1-c1nnc(N)s1. The van der Waals surface area contributed by atoms with Crippen LogP contribution in [-0.2, 0) is 0 Å². The van der Waals surface area contributed by atoms with Crippen LogP contribution in [0.5, 0.6) is 0 Å². The second-order valence-electron chi connectivity index (χ2n) is 2.38. The first-order chi connectivity index (χ1) is 5.77. The van der Waals surface area contributed by atoms with Gasteiger partial charge in [0.05, 0.1) is 4.88 Å². The van der Waals surface area contributed by atoms with E-state index in [-0.39, 0.29) is 0 Å². The van der Waals surface area contributed by atoms with Gasteiger partial charge in [-0.25, -0.2) is 0 Å². The number of anilines is 1. The lowest BCUT2D eigenvalue weighted by atomic mass is 10.3. The molecule has 12 heavy (non-hydrogen) atoms. The monoisotopic (exact) mass is 197 g/mol. The Bertz CT molecular complexity index is 391. The Kier molecular flexibility index (Phi) is 1.82. The van der Waals surface area contributed by atoms with Crippen molar-refractivity contribution < 1.29 is 0 Å². The summed E-state index contributed by atoms with van der Waals surface area (Å²) >= 11 is 3.09. The lowest BCUT2D eigenvalue weighted by molar-refractivity contribution is 1.10. The summed E-state index contributed by atoms with van der Waals surface area (Å²) in [7, 11) is 0. The predicted molar refractivity (Wildman–Crippen MR) is 52.4 cm³/mol. The van der Waals surface area contributed by atoms with Crippen molar-refractivity contribution in [1.82, 2.24) is 10.2 Å².